The first-order valence-electron chi connectivity index (χ1n) is 5.14. The lowest BCUT2D eigenvalue weighted by molar-refractivity contribution is 0.388. The topological polar surface area (TPSA) is 76.3 Å². The van der Waals surface area contributed by atoms with Gasteiger partial charge < -0.3 is 5.73 Å². The van der Waals surface area contributed by atoms with E-state index in [2.05, 4.69) is 4.98 Å². The Labute approximate surface area is 99.3 Å². The van der Waals surface area contributed by atoms with Gasteiger partial charge in [-0.25, -0.2) is 13.4 Å². The Morgan fingerprint density at radius 3 is 2.81 bits per heavy atom. The van der Waals surface area contributed by atoms with Gasteiger partial charge in [0.2, 0.25) is 10.0 Å². The summed E-state index contributed by atoms with van der Waals surface area (Å²) in [4.78, 5) is 5.17. The summed E-state index contributed by atoms with van der Waals surface area (Å²) in [6.07, 6.45) is 0.662. The Morgan fingerprint density at radius 2 is 2.19 bits per heavy atom. The molecule has 1 aromatic rings. The van der Waals surface area contributed by atoms with Crippen LogP contribution in [0.5, 0.6) is 0 Å². The molecule has 2 rings (SSSR count). The summed E-state index contributed by atoms with van der Waals surface area (Å²) in [6, 6.07) is 0. The van der Waals surface area contributed by atoms with Crippen molar-refractivity contribution in [2.45, 2.75) is 32.1 Å². The molecule has 0 amide bonds. The van der Waals surface area contributed by atoms with Crippen molar-refractivity contribution < 1.29 is 8.42 Å². The Morgan fingerprint density at radius 1 is 1.50 bits per heavy atom. The van der Waals surface area contributed by atoms with Crippen LogP contribution in [0.15, 0.2) is 0 Å². The van der Waals surface area contributed by atoms with Gasteiger partial charge in [-0.15, -0.1) is 11.3 Å². The lowest BCUT2D eigenvalue weighted by atomic mass is 10.2. The number of anilines is 1. The van der Waals surface area contributed by atoms with Gasteiger partial charge in [0.25, 0.3) is 0 Å². The minimum atomic E-state index is -3.16. The predicted molar refractivity (Wildman–Crippen MR) is 64.7 cm³/mol. The molecule has 0 fully saturated rings. The number of sulfonamides is 1. The molecule has 0 unspecified atom stereocenters. The number of nitrogens with zero attached hydrogens (tertiary/aromatic N) is 2. The van der Waals surface area contributed by atoms with Gasteiger partial charge in [0.05, 0.1) is 10.9 Å². The first kappa shape index (κ1) is 11.8. The van der Waals surface area contributed by atoms with Crippen molar-refractivity contribution in [2.24, 2.45) is 0 Å². The van der Waals surface area contributed by atoms with Crippen LogP contribution < -0.4 is 5.73 Å². The molecule has 0 aliphatic carbocycles. The molecule has 0 spiro atoms. The molecule has 7 heteroatoms. The third-order valence-electron chi connectivity index (χ3n) is 2.67. The minimum Gasteiger partial charge on any atom is -0.375 e. The summed E-state index contributed by atoms with van der Waals surface area (Å²) >= 11 is 1.38. The molecule has 2 heterocycles. The second kappa shape index (κ2) is 3.97. The molecule has 5 nitrogen and oxygen atoms in total. The van der Waals surface area contributed by atoms with Crippen molar-refractivity contribution in [3.63, 3.8) is 0 Å². The number of hydrogen-bond donors (Lipinski definition) is 1. The molecule has 0 saturated heterocycles. The molecule has 0 atom stereocenters. The third-order valence-corrected chi connectivity index (χ3v) is 5.80. The van der Waals surface area contributed by atoms with Gasteiger partial charge in [0.15, 0.2) is 5.13 Å². The van der Waals surface area contributed by atoms with Crippen LogP contribution in [-0.2, 0) is 23.0 Å². The largest absolute Gasteiger partial charge is 0.375 e. The van der Waals surface area contributed by atoms with Gasteiger partial charge in [0.1, 0.15) is 0 Å². The summed E-state index contributed by atoms with van der Waals surface area (Å²) in [6.45, 7) is 4.33. The maximum atomic E-state index is 12.0. The molecule has 0 bridgehead atoms. The maximum Gasteiger partial charge on any atom is 0.216 e. The van der Waals surface area contributed by atoms with Crippen molar-refractivity contribution in [3.8, 4) is 0 Å². The van der Waals surface area contributed by atoms with Crippen molar-refractivity contribution in [2.75, 3.05) is 12.3 Å². The lowest BCUT2D eigenvalue weighted by Crippen LogP contribution is -2.39. The van der Waals surface area contributed by atoms with E-state index in [4.69, 9.17) is 5.73 Å². The van der Waals surface area contributed by atoms with Crippen molar-refractivity contribution in [1.29, 1.82) is 0 Å². The second-order valence-electron chi connectivity index (χ2n) is 4.10. The first-order valence-corrected chi connectivity index (χ1v) is 7.46. The fraction of sp³-hybridized carbons (Fsp3) is 0.667. The summed E-state index contributed by atoms with van der Waals surface area (Å²) in [5.41, 5.74) is 6.57. The molecule has 0 radical (unpaired) electrons. The van der Waals surface area contributed by atoms with Gasteiger partial charge in [-0.2, -0.15) is 4.31 Å². The molecule has 1 aromatic heterocycles. The van der Waals surface area contributed by atoms with E-state index in [1.54, 1.807) is 13.8 Å². The van der Waals surface area contributed by atoms with E-state index in [-0.39, 0.29) is 5.25 Å². The Balaban J connectivity index is 2.26. The highest BCUT2D eigenvalue weighted by Crippen LogP contribution is 2.28. The average Bonchev–Trinajstić information content (AvgIpc) is 2.56. The number of thiazole rings is 1. The molecule has 90 valence electrons. The number of aromatic nitrogens is 1. The molecular weight excluding hydrogens is 246 g/mol. The minimum absolute atomic E-state index is 0.376. The lowest BCUT2D eigenvalue weighted by Gasteiger charge is -2.26. The SMILES string of the molecule is CC(C)S(=O)(=O)N1CCc2nc(N)sc2C1. The van der Waals surface area contributed by atoms with E-state index in [1.165, 1.54) is 15.6 Å². The maximum absolute atomic E-state index is 12.0. The zero-order chi connectivity index (χ0) is 11.9. The zero-order valence-electron chi connectivity index (χ0n) is 9.30. The summed E-state index contributed by atoms with van der Waals surface area (Å²) < 4.78 is 25.5. The van der Waals surface area contributed by atoms with E-state index in [0.29, 0.717) is 24.6 Å². The Kier molecular flexibility index (Phi) is 2.93. The highest BCUT2D eigenvalue weighted by Gasteiger charge is 2.30. The zero-order valence-corrected chi connectivity index (χ0v) is 10.9. The van der Waals surface area contributed by atoms with Gasteiger partial charge in [-0.05, 0) is 13.8 Å². The van der Waals surface area contributed by atoms with E-state index in [1.807, 2.05) is 0 Å². The Hall–Kier alpha value is -0.660. The summed E-state index contributed by atoms with van der Waals surface area (Å²) in [5, 5.41) is 0.146. The quantitative estimate of drug-likeness (QED) is 0.855. The highest BCUT2D eigenvalue weighted by molar-refractivity contribution is 7.89. The number of nitrogens with two attached hydrogens (primary N) is 1. The first-order chi connectivity index (χ1) is 7.41. The molecule has 2 N–H and O–H groups in total. The van der Waals surface area contributed by atoms with Crippen molar-refractivity contribution in [1.82, 2.24) is 9.29 Å². The van der Waals surface area contributed by atoms with Crippen LogP contribution in [0.4, 0.5) is 5.13 Å². The van der Waals surface area contributed by atoms with Crippen LogP contribution in [-0.4, -0.2) is 29.5 Å². The van der Waals surface area contributed by atoms with Crippen LogP contribution in [0.3, 0.4) is 0 Å². The van der Waals surface area contributed by atoms with Gasteiger partial charge in [-0.1, -0.05) is 0 Å². The van der Waals surface area contributed by atoms with Crippen LogP contribution in [0.2, 0.25) is 0 Å². The fourth-order valence-electron chi connectivity index (χ4n) is 1.71. The molecule has 1 aliphatic heterocycles. The highest BCUT2D eigenvalue weighted by atomic mass is 32.2. The van der Waals surface area contributed by atoms with E-state index in [0.717, 1.165) is 10.6 Å². The monoisotopic (exact) mass is 261 g/mol. The summed E-state index contributed by atoms with van der Waals surface area (Å²) in [7, 11) is -3.16. The van der Waals surface area contributed by atoms with Crippen LogP contribution in [0, 0.1) is 0 Å². The predicted octanol–water partition coefficient (Wildman–Crippen LogP) is 0.822. The summed E-state index contributed by atoms with van der Waals surface area (Å²) in [5.74, 6) is 0. The number of fused-ring (bicyclic) bond motifs is 1. The number of rotatable bonds is 2. The molecule has 1 aliphatic rings. The van der Waals surface area contributed by atoms with Gasteiger partial charge >= 0.3 is 0 Å². The normalized spacial score (nSPS) is 17.7. The molecule has 0 saturated carbocycles. The third kappa shape index (κ3) is 1.94. The van der Waals surface area contributed by atoms with Crippen molar-refractivity contribution >= 4 is 26.5 Å². The number of hydrogen-bond acceptors (Lipinski definition) is 5. The smallest absolute Gasteiger partial charge is 0.216 e. The van der Waals surface area contributed by atoms with Gasteiger partial charge in [0, 0.05) is 24.4 Å². The standard InChI is InChI=1S/C9H15N3O2S2/c1-6(2)16(13,14)12-4-3-7-8(5-12)15-9(10)11-7/h6H,3-5H2,1-2H3,(H2,10,11). The second-order valence-corrected chi connectivity index (χ2v) is 7.70. The van der Waals surface area contributed by atoms with E-state index >= 15 is 0 Å². The Bertz CT molecular complexity index is 493. The van der Waals surface area contributed by atoms with Crippen LogP contribution >= 0.6 is 11.3 Å². The molecular formula is C9H15N3O2S2. The average molecular weight is 261 g/mol. The van der Waals surface area contributed by atoms with E-state index in [9.17, 15) is 8.42 Å². The van der Waals surface area contributed by atoms with Gasteiger partial charge in [-0.3, -0.25) is 0 Å². The number of nitrogen functional groups attached to an aromatic ring is 1. The van der Waals surface area contributed by atoms with E-state index < -0.39 is 10.0 Å². The van der Waals surface area contributed by atoms with Crippen molar-refractivity contribution in [3.05, 3.63) is 10.6 Å². The molecule has 0 aromatic carbocycles. The van der Waals surface area contributed by atoms with Crippen LogP contribution in [0.25, 0.3) is 0 Å². The molecule has 16 heavy (non-hydrogen) atoms. The van der Waals surface area contributed by atoms with Crippen LogP contribution in [0.1, 0.15) is 24.4 Å². The fourth-order valence-corrected chi connectivity index (χ4v) is 3.93.